The second-order valence-electron chi connectivity index (χ2n) is 7.27. The van der Waals surface area contributed by atoms with Crippen LogP contribution in [0.1, 0.15) is 47.3 Å². The van der Waals surface area contributed by atoms with Gasteiger partial charge in [-0.1, -0.05) is 23.5 Å². The van der Waals surface area contributed by atoms with E-state index in [9.17, 15) is 23.9 Å². The molecule has 1 aliphatic heterocycles. The Labute approximate surface area is 196 Å². The summed E-state index contributed by atoms with van der Waals surface area (Å²) in [4.78, 5) is 49.0. The van der Waals surface area contributed by atoms with Crippen molar-refractivity contribution < 1.29 is 28.6 Å². The van der Waals surface area contributed by atoms with Crippen LogP contribution in [0.5, 0.6) is 0 Å². The topological polar surface area (TPSA) is 110 Å². The van der Waals surface area contributed by atoms with Gasteiger partial charge in [0.2, 0.25) is 5.78 Å². The minimum Gasteiger partial charge on any atom is -0.503 e. The zero-order valence-electron chi connectivity index (χ0n) is 18.0. The third-order valence-electron chi connectivity index (χ3n) is 5.11. The lowest BCUT2D eigenvalue weighted by molar-refractivity contribution is -0.117. The van der Waals surface area contributed by atoms with Crippen molar-refractivity contribution in [2.75, 3.05) is 12.0 Å². The molecule has 33 heavy (non-hydrogen) atoms. The number of thiazole rings is 2. The zero-order chi connectivity index (χ0) is 24.0. The number of Topliss-reactive ketones (excluding diaryl/α,β-unsaturated/α-hetero) is 1. The lowest BCUT2D eigenvalue weighted by atomic mass is 9.95. The number of benzene rings is 1. The van der Waals surface area contributed by atoms with Crippen LogP contribution < -0.4 is 4.90 Å². The van der Waals surface area contributed by atoms with E-state index in [0.717, 1.165) is 27.6 Å². The van der Waals surface area contributed by atoms with E-state index < -0.39 is 35.3 Å². The first-order chi connectivity index (χ1) is 15.6. The van der Waals surface area contributed by atoms with Gasteiger partial charge in [0.1, 0.15) is 10.7 Å². The van der Waals surface area contributed by atoms with Gasteiger partial charge in [0.25, 0.3) is 5.91 Å². The maximum Gasteiger partial charge on any atom is 0.350 e. The molecule has 1 aliphatic rings. The molecule has 0 radical (unpaired) electrons. The van der Waals surface area contributed by atoms with E-state index in [1.165, 1.54) is 31.4 Å². The Morgan fingerprint density at radius 1 is 1.06 bits per heavy atom. The average molecular weight is 488 g/mol. The third-order valence-corrected chi connectivity index (χ3v) is 7.32. The first-order valence-corrected chi connectivity index (χ1v) is 11.3. The number of amides is 1. The Balaban J connectivity index is 1.89. The fourth-order valence-corrected chi connectivity index (χ4v) is 5.51. The van der Waals surface area contributed by atoms with Crippen LogP contribution in [0.15, 0.2) is 35.6 Å². The number of carbonyl (C=O) groups is 3. The van der Waals surface area contributed by atoms with Gasteiger partial charge in [-0.15, -0.1) is 11.3 Å². The number of ketones is 1. The third kappa shape index (κ3) is 3.83. The van der Waals surface area contributed by atoms with E-state index in [-0.39, 0.29) is 15.6 Å². The number of nitrogens with zero attached hydrogens (tertiary/aromatic N) is 3. The minimum atomic E-state index is -1.08. The predicted molar refractivity (Wildman–Crippen MR) is 120 cm³/mol. The number of hydrogen-bond acceptors (Lipinski definition) is 9. The lowest BCUT2D eigenvalue weighted by Crippen LogP contribution is -2.31. The van der Waals surface area contributed by atoms with Crippen molar-refractivity contribution >= 4 is 45.5 Å². The van der Waals surface area contributed by atoms with Gasteiger partial charge >= 0.3 is 5.97 Å². The highest BCUT2D eigenvalue weighted by molar-refractivity contribution is 7.17. The number of aromatic nitrogens is 2. The van der Waals surface area contributed by atoms with Gasteiger partial charge in [0, 0.05) is 0 Å². The van der Waals surface area contributed by atoms with Crippen LogP contribution in [0.3, 0.4) is 0 Å². The second kappa shape index (κ2) is 8.49. The number of halogens is 1. The fraction of sp³-hybridized carbons (Fsp3) is 0.227. The van der Waals surface area contributed by atoms with Gasteiger partial charge < -0.3 is 9.84 Å². The van der Waals surface area contributed by atoms with Crippen molar-refractivity contribution in [2.45, 2.75) is 26.8 Å². The highest BCUT2D eigenvalue weighted by Crippen LogP contribution is 2.44. The molecule has 0 aliphatic carbocycles. The molecule has 1 N–H and O–H groups in total. The van der Waals surface area contributed by atoms with Crippen molar-refractivity contribution in [2.24, 2.45) is 0 Å². The molecule has 8 nitrogen and oxygen atoms in total. The van der Waals surface area contributed by atoms with E-state index in [4.69, 9.17) is 4.74 Å². The van der Waals surface area contributed by atoms with E-state index in [2.05, 4.69) is 9.97 Å². The van der Waals surface area contributed by atoms with Crippen LogP contribution in [0.4, 0.5) is 9.52 Å². The van der Waals surface area contributed by atoms with Crippen molar-refractivity contribution in [1.82, 2.24) is 9.97 Å². The molecule has 4 rings (SSSR count). The SMILES string of the molecule is COC(=O)c1sc(N2C(=O)C(O)=C(C(=O)c3sc(C)nc3C)C2c2ccc(F)cc2)nc1C. The summed E-state index contributed by atoms with van der Waals surface area (Å²) in [5, 5.41) is 11.6. The fourth-order valence-electron chi connectivity index (χ4n) is 3.63. The highest BCUT2D eigenvalue weighted by atomic mass is 32.1. The summed E-state index contributed by atoms with van der Waals surface area (Å²) in [6.45, 7) is 5.00. The van der Waals surface area contributed by atoms with Crippen LogP contribution in [-0.2, 0) is 9.53 Å². The number of aryl methyl sites for hydroxylation is 3. The Morgan fingerprint density at radius 2 is 1.70 bits per heavy atom. The number of rotatable bonds is 5. The predicted octanol–water partition coefficient (Wildman–Crippen LogP) is 4.23. The van der Waals surface area contributed by atoms with E-state index in [1.807, 2.05) is 0 Å². The molecule has 1 amide bonds. The summed E-state index contributed by atoms with van der Waals surface area (Å²) >= 11 is 2.05. The van der Waals surface area contributed by atoms with Gasteiger partial charge in [0.05, 0.1) is 40.0 Å². The van der Waals surface area contributed by atoms with Crippen LogP contribution >= 0.6 is 22.7 Å². The van der Waals surface area contributed by atoms with Crippen LogP contribution in [0, 0.1) is 26.6 Å². The zero-order valence-corrected chi connectivity index (χ0v) is 19.6. The van der Waals surface area contributed by atoms with Gasteiger partial charge in [-0.2, -0.15) is 0 Å². The summed E-state index contributed by atoms with van der Waals surface area (Å²) in [7, 11) is 1.23. The average Bonchev–Trinajstić information content (AvgIpc) is 3.41. The lowest BCUT2D eigenvalue weighted by Gasteiger charge is -2.24. The molecule has 1 aromatic carbocycles. The number of esters is 1. The summed E-state index contributed by atoms with van der Waals surface area (Å²) in [6, 6.07) is 4.18. The maximum atomic E-state index is 13.6. The number of ether oxygens (including phenoxy) is 1. The van der Waals surface area contributed by atoms with E-state index in [0.29, 0.717) is 26.8 Å². The molecule has 0 bridgehead atoms. The first-order valence-electron chi connectivity index (χ1n) is 9.70. The number of carbonyl (C=O) groups excluding carboxylic acids is 3. The van der Waals surface area contributed by atoms with Crippen molar-refractivity contribution in [1.29, 1.82) is 0 Å². The standard InChI is InChI=1S/C22H18FN3O5S2/c1-9-18(32-11(3)24-9)16(27)14-15(12-5-7-13(23)8-6-12)26(20(29)17(14)28)22-25-10(2)19(33-22)21(30)31-4/h5-8,15,28H,1-4H3. The molecule has 0 fully saturated rings. The molecule has 0 saturated carbocycles. The molecule has 170 valence electrons. The summed E-state index contributed by atoms with van der Waals surface area (Å²) < 4.78 is 18.4. The van der Waals surface area contributed by atoms with Gasteiger partial charge in [-0.25, -0.2) is 19.2 Å². The Bertz CT molecular complexity index is 1330. The highest BCUT2D eigenvalue weighted by Gasteiger charge is 2.46. The van der Waals surface area contributed by atoms with Gasteiger partial charge in [-0.05, 0) is 38.5 Å². The largest absolute Gasteiger partial charge is 0.503 e. The molecule has 0 spiro atoms. The van der Waals surface area contributed by atoms with Crippen molar-refractivity contribution in [3.8, 4) is 0 Å². The quantitative estimate of drug-likeness (QED) is 0.424. The summed E-state index contributed by atoms with van der Waals surface area (Å²) in [5.41, 5.74) is 1.04. The van der Waals surface area contributed by atoms with Gasteiger partial charge in [-0.3, -0.25) is 14.5 Å². The smallest absolute Gasteiger partial charge is 0.350 e. The normalized spacial score (nSPS) is 16.0. The van der Waals surface area contributed by atoms with Crippen LogP contribution in [-0.4, -0.2) is 39.8 Å². The Hall–Kier alpha value is -3.44. The monoisotopic (exact) mass is 487 g/mol. The molecule has 2 aromatic heterocycles. The molecule has 3 aromatic rings. The molecule has 1 atom stereocenters. The van der Waals surface area contributed by atoms with Crippen LogP contribution in [0.2, 0.25) is 0 Å². The van der Waals surface area contributed by atoms with E-state index >= 15 is 0 Å². The molecular formula is C22H18FN3O5S2. The maximum absolute atomic E-state index is 13.6. The van der Waals surface area contributed by atoms with Crippen LogP contribution in [0.25, 0.3) is 0 Å². The van der Waals surface area contributed by atoms with Crippen molar-refractivity contribution in [3.63, 3.8) is 0 Å². The van der Waals surface area contributed by atoms with Crippen molar-refractivity contribution in [3.05, 3.63) is 73.1 Å². The second-order valence-corrected chi connectivity index (χ2v) is 9.45. The molecule has 0 saturated heterocycles. The Kier molecular flexibility index (Phi) is 5.85. The van der Waals surface area contributed by atoms with Gasteiger partial charge in [0.15, 0.2) is 10.9 Å². The van der Waals surface area contributed by atoms with E-state index in [1.54, 1.807) is 20.8 Å². The molecule has 11 heteroatoms. The summed E-state index contributed by atoms with van der Waals surface area (Å²) in [6.07, 6.45) is 0. The number of anilines is 1. The molecular weight excluding hydrogens is 469 g/mol. The minimum absolute atomic E-state index is 0.0961. The number of hydrogen-bond donors (Lipinski definition) is 1. The number of methoxy groups -OCH3 is 1. The molecule has 1 unspecified atom stereocenters. The Morgan fingerprint density at radius 3 is 2.27 bits per heavy atom. The first kappa shape index (κ1) is 22.7. The molecule has 3 heterocycles. The summed E-state index contributed by atoms with van der Waals surface area (Å²) in [5.74, 6) is -3.25. The number of aliphatic hydroxyl groups excluding tert-OH is 1. The number of aliphatic hydroxyl groups is 1.